The fourth-order valence-corrected chi connectivity index (χ4v) is 3.30. The molecule has 0 saturated carbocycles. The summed E-state index contributed by atoms with van der Waals surface area (Å²) in [5.41, 5.74) is 2.83. The molecule has 0 spiro atoms. The van der Waals surface area contributed by atoms with Crippen molar-refractivity contribution in [1.29, 1.82) is 0 Å². The molecule has 2 heterocycles. The maximum absolute atomic E-state index is 12.3. The molecule has 1 atom stereocenters. The zero-order valence-electron chi connectivity index (χ0n) is 12.4. The highest BCUT2D eigenvalue weighted by Gasteiger charge is 2.32. The summed E-state index contributed by atoms with van der Waals surface area (Å²) < 4.78 is 4.75. The average molecular weight is 311 g/mol. The van der Waals surface area contributed by atoms with Crippen molar-refractivity contribution < 1.29 is 14.3 Å². The lowest BCUT2D eigenvalue weighted by molar-refractivity contribution is -0.126. The summed E-state index contributed by atoms with van der Waals surface area (Å²) in [6, 6.07) is -0.409. The highest BCUT2D eigenvalue weighted by atomic mass is 32.1. The van der Waals surface area contributed by atoms with Gasteiger partial charge in [-0.15, -0.1) is 11.3 Å². The highest BCUT2D eigenvalue weighted by molar-refractivity contribution is 7.09. The fraction of sp³-hybridized carbons (Fsp3) is 0.643. The summed E-state index contributed by atoms with van der Waals surface area (Å²) in [5.74, 6) is -0.0951. The van der Waals surface area contributed by atoms with Gasteiger partial charge in [-0.3, -0.25) is 9.69 Å². The number of carbonyl (C=O) groups excluding carboxylic acids is 2. The number of nitrogens with zero attached hydrogens (tertiary/aromatic N) is 2. The van der Waals surface area contributed by atoms with Crippen molar-refractivity contribution in [3.63, 3.8) is 0 Å². The van der Waals surface area contributed by atoms with Gasteiger partial charge in [0.2, 0.25) is 5.91 Å². The van der Waals surface area contributed by atoms with Gasteiger partial charge >= 0.3 is 6.09 Å². The molecule has 2 rings (SSSR count). The normalized spacial score (nSPS) is 18.4. The van der Waals surface area contributed by atoms with Crippen LogP contribution in [0, 0.1) is 6.92 Å². The molecule has 2 amide bonds. The van der Waals surface area contributed by atoms with E-state index < -0.39 is 12.1 Å². The van der Waals surface area contributed by atoms with E-state index in [4.69, 9.17) is 4.74 Å². The van der Waals surface area contributed by atoms with Gasteiger partial charge in [0.05, 0.1) is 18.3 Å². The smallest absolute Gasteiger partial charge is 0.410 e. The Bertz CT molecular complexity index is 503. The van der Waals surface area contributed by atoms with Gasteiger partial charge in [-0.05, 0) is 26.2 Å². The van der Waals surface area contributed by atoms with E-state index in [-0.39, 0.29) is 5.91 Å². The zero-order chi connectivity index (χ0) is 15.2. The Hall–Kier alpha value is -1.63. The molecule has 116 valence electrons. The van der Waals surface area contributed by atoms with Gasteiger partial charge in [0.25, 0.3) is 0 Å². The van der Waals surface area contributed by atoms with Gasteiger partial charge in [-0.2, -0.15) is 0 Å². The van der Waals surface area contributed by atoms with E-state index in [0.29, 0.717) is 19.5 Å². The quantitative estimate of drug-likeness (QED) is 0.919. The first kappa shape index (κ1) is 15.8. The molecule has 1 aromatic rings. The Morgan fingerprint density at radius 3 is 3.00 bits per heavy atom. The Morgan fingerprint density at radius 2 is 2.33 bits per heavy atom. The minimum absolute atomic E-state index is 0.0951. The number of piperidine rings is 1. The van der Waals surface area contributed by atoms with E-state index in [2.05, 4.69) is 10.3 Å². The number of carbonyl (C=O) groups is 2. The van der Waals surface area contributed by atoms with Crippen LogP contribution in [0.4, 0.5) is 4.79 Å². The average Bonchev–Trinajstić information content (AvgIpc) is 2.91. The van der Waals surface area contributed by atoms with Crippen molar-refractivity contribution in [1.82, 2.24) is 15.2 Å². The number of thiazole rings is 1. The SMILES string of the molecule is COC(=O)N1CCCC[C@H]1C(=O)NCCc1scnc1C. The van der Waals surface area contributed by atoms with Crippen LogP contribution in [0.15, 0.2) is 5.51 Å². The lowest BCUT2D eigenvalue weighted by Crippen LogP contribution is -2.52. The number of ether oxygens (including phenoxy) is 1. The summed E-state index contributed by atoms with van der Waals surface area (Å²) in [5, 5.41) is 2.92. The molecular weight excluding hydrogens is 290 g/mol. The third-order valence-corrected chi connectivity index (χ3v) is 4.71. The third-order valence-electron chi connectivity index (χ3n) is 3.71. The van der Waals surface area contributed by atoms with Crippen LogP contribution in [0.1, 0.15) is 29.8 Å². The van der Waals surface area contributed by atoms with Crippen molar-refractivity contribution in [2.24, 2.45) is 0 Å². The molecule has 1 N–H and O–H groups in total. The molecule has 0 bridgehead atoms. The molecule has 1 aliphatic heterocycles. The Kier molecular flexibility index (Phi) is 5.55. The monoisotopic (exact) mass is 311 g/mol. The van der Waals surface area contributed by atoms with Crippen molar-refractivity contribution in [3.05, 3.63) is 16.1 Å². The van der Waals surface area contributed by atoms with Crippen LogP contribution < -0.4 is 5.32 Å². The van der Waals surface area contributed by atoms with E-state index in [0.717, 1.165) is 25.0 Å². The van der Waals surface area contributed by atoms with Crippen LogP contribution in [0.2, 0.25) is 0 Å². The molecule has 0 aromatic carbocycles. The first-order chi connectivity index (χ1) is 10.1. The van der Waals surface area contributed by atoms with Gasteiger partial charge < -0.3 is 10.1 Å². The third kappa shape index (κ3) is 3.93. The van der Waals surface area contributed by atoms with Gasteiger partial charge in [0.15, 0.2) is 0 Å². The number of hydrogen-bond acceptors (Lipinski definition) is 5. The molecule has 0 unspecified atom stereocenters. The predicted octanol–water partition coefficient (Wildman–Crippen LogP) is 1.73. The number of aryl methyl sites for hydroxylation is 1. The van der Waals surface area contributed by atoms with E-state index in [1.165, 1.54) is 16.9 Å². The maximum Gasteiger partial charge on any atom is 0.410 e. The summed E-state index contributed by atoms with van der Waals surface area (Å²) in [6.07, 6.45) is 2.92. The number of methoxy groups -OCH3 is 1. The number of amides is 2. The van der Waals surface area contributed by atoms with Crippen molar-refractivity contribution in [2.75, 3.05) is 20.2 Å². The van der Waals surface area contributed by atoms with E-state index >= 15 is 0 Å². The molecular formula is C14H21N3O3S. The van der Waals surface area contributed by atoms with Crippen molar-refractivity contribution in [3.8, 4) is 0 Å². The molecule has 21 heavy (non-hydrogen) atoms. The first-order valence-electron chi connectivity index (χ1n) is 7.14. The number of nitrogens with one attached hydrogen (secondary N) is 1. The molecule has 6 nitrogen and oxygen atoms in total. The molecule has 0 radical (unpaired) electrons. The number of likely N-dealkylation sites (tertiary alicyclic amines) is 1. The number of aromatic nitrogens is 1. The Morgan fingerprint density at radius 1 is 1.52 bits per heavy atom. The summed E-state index contributed by atoms with van der Waals surface area (Å²) in [7, 11) is 1.35. The van der Waals surface area contributed by atoms with Gasteiger partial charge in [0.1, 0.15) is 6.04 Å². The predicted molar refractivity (Wildman–Crippen MR) is 80.3 cm³/mol. The Labute approximate surface area is 128 Å². The molecule has 1 aromatic heterocycles. The van der Waals surface area contributed by atoms with Gasteiger partial charge in [-0.1, -0.05) is 0 Å². The van der Waals surface area contributed by atoms with E-state index in [1.807, 2.05) is 12.4 Å². The van der Waals surface area contributed by atoms with Gasteiger partial charge in [-0.25, -0.2) is 9.78 Å². The van der Waals surface area contributed by atoms with E-state index in [1.54, 1.807) is 11.3 Å². The summed E-state index contributed by atoms with van der Waals surface area (Å²) in [4.78, 5) is 30.9. The van der Waals surface area contributed by atoms with Crippen molar-refractivity contribution >= 4 is 23.3 Å². The largest absolute Gasteiger partial charge is 0.453 e. The minimum atomic E-state index is -0.423. The maximum atomic E-state index is 12.3. The van der Waals surface area contributed by atoms with Crippen LogP contribution in [-0.4, -0.2) is 48.1 Å². The Balaban J connectivity index is 1.86. The number of hydrogen-bond donors (Lipinski definition) is 1. The highest BCUT2D eigenvalue weighted by Crippen LogP contribution is 2.18. The second-order valence-electron chi connectivity index (χ2n) is 5.08. The number of rotatable bonds is 4. The van der Waals surface area contributed by atoms with Crippen molar-refractivity contribution in [2.45, 2.75) is 38.6 Å². The summed E-state index contributed by atoms with van der Waals surface area (Å²) >= 11 is 1.60. The fourth-order valence-electron chi connectivity index (χ4n) is 2.52. The van der Waals surface area contributed by atoms with Crippen LogP contribution in [0.25, 0.3) is 0 Å². The topological polar surface area (TPSA) is 71.5 Å². The second-order valence-corrected chi connectivity index (χ2v) is 6.02. The molecule has 1 fully saturated rings. The molecule has 7 heteroatoms. The molecule has 1 aliphatic rings. The van der Waals surface area contributed by atoms with Crippen LogP contribution >= 0.6 is 11.3 Å². The molecule has 0 aliphatic carbocycles. The minimum Gasteiger partial charge on any atom is -0.453 e. The second kappa shape index (κ2) is 7.40. The first-order valence-corrected chi connectivity index (χ1v) is 8.02. The standard InChI is InChI=1S/C14H21N3O3S/c1-10-12(21-9-16-10)6-7-15-13(18)11-5-3-4-8-17(11)14(19)20-2/h9,11H,3-8H2,1-2H3,(H,15,18)/t11-/m0/s1. The lowest BCUT2D eigenvalue weighted by atomic mass is 10.0. The van der Waals surface area contributed by atoms with E-state index in [9.17, 15) is 9.59 Å². The molecule has 1 saturated heterocycles. The lowest BCUT2D eigenvalue weighted by Gasteiger charge is -2.33. The van der Waals surface area contributed by atoms with Crippen LogP contribution in [0.5, 0.6) is 0 Å². The zero-order valence-corrected chi connectivity index (χ0v) is 13.2. The van der Waals surface area contributed by atoms with Crippen LogP contribution in [0.3, 0.4) is 0 Å². The summed E-state index contributed by atoms with van der Waals surface area (Å²) in [6.45, 7) is 3.11. The van der Waals surface area contributed by atoms with Gasteiger partial charge in [0, 0.05) is 24.4 Å². The van der Waals surface area contributed by atoms with Crippen LogP contribution in [-0.2, 0) is 16.0 Å².